The molecule has 1 saturated heterocycles. The largest absolute Gasteiger partial charge is 0.493 e. The number of ether oxygens (including phenoxy) is 2. The Kier molecular flexibility index (Phi) is 7.14. The molecule has 1 amide bonds. The molecular weight excluding hydrogens is 552 g/mol. The summed E-state index contributed by atoms with van der Waals surface area (Å²) in [5, 5.41) is 0.855. The van der Waals surface area contributed by atoms with Crippen LogP contribution in [0.5, 0.6) is 11.5 Å². The molecule has 0 N–H and O–H groups in total. The number of hydrogen-bond acceptors (Lipinski definition) is 5. The Hall–Kier alpha value is -1.00. The van der Waals surface area contributed by atoms with E-state index < -0.39 is 0 Å². The van der Waals surface area contributed by atoms with Gasteiger partial charge in [0.25, 0.3) is 5.91 Å². The van der Waals surface area contributed by atoms with Gasteiger partial charge >= 0.3 is 0 Å². The molecule has 1 aliphatic heterocycles. The first kappa shape index (κ1) is 21.7. The van der Waals surface area contributed by atoms with E-state index in [-0.39, 0.29) is 5.91 Å². The molecule has 2 aromatic rings. The van der Waals surface area contributed by atoms with E-state index in [1.54, 1.807) is 31.4 Å². The molecule has 0 unspecified atom stereocenters. The Bertz CT molecular complexity index is 997. The zero-order valence-electron chi connectivity index (χ0n) is 14.8. The first-order valence-corrected chi connectivity index (χ1v) is 11.1. The van der Waals surface area contributed by atoms with Crippen molar-refractivity contribution in [2.75, 3.05) is 18.6 Å². The summed E-state index contributed by atoms with van der Waals surface area (Å²) in [5.74, 6) is 1.06. The lowest BCUT2D eigenvalue weighted by atomic mass is 10.1. The molecular formula is C19H14Cl2INO3S2. The molecule has 1 heterocycles. The molecule has 0 atom stereocenters. The molecule has 0 bridgehead atoms. The maximum Gasteiger partial charge on any atom is 0.270 e. The number of thioether (sulfide) groups is 1. The fraction of sp³-hybridized carbons (Fsp3) is 0.158. The van der Waals surface area contributed by atoms with Gasteiger partial charge in [-0.25, -0.2) is 0 Å². The standard InChI is InChI=1S/C19H14Cl2INO3S2/c1-3-26-17-13(22)6-10(7-15(17)25-2)8-16-18(24)23(19(27)28-16)14-5-4-11(20)9-12(14)21/h4-9H,3H2,1-2H3/b16-8-. The lowest BCUT2D eigenvalue weighted by Crippen LogP contribution is -2.27. The number of nitrogens with zero attached hydrogens (tertiary/aromatic N) is 1. The van der Waals surface area contributed by atoms with Crippen molar-refractivity contribution in [3.63, 3.8) is 0 Å². The summed E-state index contributed by atoms with van der Waals surface area (Å²) in [5.41, 5.74) is 1.32. The van der Waals surface area contributed by atoms with E-state index >= 15 is 0 Å². The SMILES string of the molecule is CCOc1c(I)cc(/C=C2\SC(=S)N(c3ccc(Cl)cc3Cl)C2=O)cc1OC. The van der Waals surface area contributed by atoms with Crippen LogP contribution in [0.15, 0.2) is 35.2 Å². The minimum absolute atomic E-state index is 0.234. The number of benzene rings is 2. The fourth-order valence-corrected chi connectivity index (χ4v) is 5.16. The molecule has 1 aliphatic rings. The number of amides is 1. The predicted molar refractivity (Wildman–Crippen MR) is 129 cm³/mol. The third kappa shape index (κ3) is 4.43. The van der Waals surface area contributed by atoms with Crippen LogP contribution in [0.2, 0.25) is 10.0 Å². The lowest BCUT2D eigenvalue weighted by molar-refractivity contribution is -0.113. The van der Waals surface area contributed by atoms with Gasteiger partial charge in [-0.1, -0.05) is 47.2 Å². The van der Waals surface area contributed by atoms with Crippen LogP contribution in [0.25, 0.3) is 6.08 Å². The summed E-state index contributed by atoms with van der Waals surface area (Å²) in [6, 6.07) is 8.69. The van der Waals surface area contributed by atoms with Crippen LogP contribution in [-0.2, 0) is 4.79 Å². The molecule has 0 spiro atoms. The summed E-state index contributed by atoms with van der Waals surface area (Å²) in [4.78, 5) is 14.9. The Balaban J connectivity index is 1.97. The maximum absolute atomic E-state index is 13.0. The van der Waals surface area contributed by atoms with Crippen LogP contribution < -0.4 is 14.4 Å². The second-order valence-electron chi connectivity index (χ2n) is 5.58. The Morgan fingerprint density at radius 2 is 2.04 bits per heavy atom. The number of anilines is 1. The van der Waals surface area contributed by atoms with Crippen molar-refractivity contribution in [2.45, 2.75) is 6.92 Å². The van der Waals surface area contributed by atoms with Gasteiger partial charge in [-0.3, -0.25) is 9.69 Å². The van der Waals surface area contributed by atoms with Gasteiger partial charge in [-0.2, -0.15) is 0 Å². The van der Waals surface area contributed by atoms with E-state index in [2.05, 4.69) is 22.6 Å². The molecule has 0 radical (unpaired) electrons. The van der Waals surface area contributed by atoms with Gasteiger partial charge < -0.3 is 9.47 Å². The highest BCUT2D eigenvalue weighted by Crippen LogP contribution is 2.41. The van der Waals surface area contributed by atoms with Crippen LogP contribution in [0.1, 0.15) is 12.5 Å². The number of methoxy groups -OCH3 is 1. The molecule has 0 aromatic heterocycles. The average Bonchev–Trinajstić information content (AvgIpc) is 2.91. The summed E-state index contributed by atoms with van der Waals surface area (Å²) in [6.07, 6.45) is 1.78. The Morgan fingerprint density at radius 3 is 2.68 bits per heavy atom. The Labute approximate surface area is 196 Å². The van der Waals surface area contributed by atoms with Crippen LogP contribution in [-0.4, -0.2) is 23.9 Å². The van der Waals surface area contributed by atoms with E-state index in [0.29, 0.717) is 43.1 Å². The number of thiocarbonyl (C=S) groups is 1. The molecule has 0 saturated carbocycles. The maximum atomic E-state index is 13.0. The van der Waals surface area contributed by atoms with Gasteiger partial charge in [0.2, 0.25) is 0 Å². The van der Waals surface area contributed by atoms with Crippen molar-refractivity contribution in [1.29, 1.82) is 0 Å². The minimum atomic E-state index is -0.234. The van der Waals surface area contributed by atoms with E-state index in [0.717, 1.165) is 9.13 Å². The molecule has 28 heavy (non-hydrogen) atoms. The quantitative estimate of drug-likeness (QED) is 0.238. The van der Waals surface area contributed by atoms with Gasteiger partial charge in [-0.15, -0.1) is 0 Å². The number of rotatable bonds is 5. The van der Waals surface area contributed by atoms with Gasteiger partial charge in [0.15, 0.2) is 15.8 Å². The summed E-state index contributed by atoms with van der Waals surface area (Å²) in [7, 11) is 1.58. The lowest BCUT2D eigenvalue weighted by Gasteiger charge is -2.16. The summed E-state index contributed by atoms with van der Waals surface area (Å²) in [6.45, 7) is 2.45. The van der Waals surface area contributed by atoms with Gasteiger partial charge in [0.1, 0.15) is 0 Å². The van der Waals surface area contributed by atoms with Crippen LogP contribution in [0, 0.1) is 3.57 Å². The van der Waals surface area contributed by atoms with Crippen molar-refractivity contribution in [3.8, 4) is 11.5 Å². The van der Waals surface area contributed by atoms with Gasteiger partial charge in [-0.05, 0) is 71.5 Å². The van der Waals surface area contributed by atoms with Crippen molar-refractivity contribution in [1.82, 2.24) is 0 Å². The van der Waals surface area contributed by atoms with E-state index in [4.69, 9.17) is 44.9 Å². The minimum Gasteiger partial charge on any atom is -0.493 e. The van der Waals surface area contributed by atoms with E-state index in [1.807, 2.05) is 19.1 Å². The Morgan fingerprint density at radius 1 is 1.29 bits per heavy atom. The van der Waals surface area contributed by atoms with Crippen molar-refractivity contribution < 1.29 is 14.3 Å². The number of hydrogen-bond donors (Lipinski definition) is 0. The van der Waals surface area contributed by atoms with Gasteiger partial charge in [0.05, 0.1) is 32.9 Å². The monoisotopic (exact) mass is 565 g/mol. The molecule has 2 aromatic carbocycles. The third-order valence-corrected chi connectivity index (χ3v) is 6.42. The summed E-state index contributed by atoms with van der Waals surface area (Å²) < 4.78 is 12.4. The molecule has 3 rings (SSSR count). The summed E-state index contributed by atoms with van der Waals surface area (Å²) >= 11 is 21.0. The molecule has 0 aliphatic carbocycles. The van der Waals surface area contributed by atoms with Crippen molar-refractivity contribution in [2.24, 2.45) is 0 Å². The first-order chi connectivity index (χ1) is 13.3. The molecule has 4 nitrogen and oxygen atoms in total. The average molecular weight is 566 g/mol. The zero-order valence-corrected chi connectivity index (χ0v) is 20.1. The second kappa shape index (κ2) is 9.21. The van der Waals surface area contributed by atoms with Crippen LogP contribution in [0.4, 0.5) is 5.69 Å². The van der Waals surface area contributed by atoms with Crippen molar-refractivity contribution >= 4 is 91.8 Å². The zero-order chi connectivity index (χ0) is 20.4. The highest BCUT2D eigenvalue weighted by atomic mass is 127. The number of halogens is 3. The smallest absolute Gasteiger partial charge is 0.270 e. The van der Waals surface area contributed by atoms with Crippen LogP contribution in [0.3, 0.4) is 0 Å². The van der Waals surface area contributed by atoms with E-state index in [1.165, 1.54) is 16.7 Å². The first-order valence-electron chi connectivity index (χ1n) is 8.09. The highest BCUT2D eigenvalue weighted by molar-refractivity contribution is 14.1. The van der Waals surface area contributed by atoms with E-state index in [9.17, 15) is 4.79 Å². The van der Waals surface area contributed by atoms with Crippen molar-refractivity contribution in [3.05, 3.63) is 54.4 Å². The second-order valence-corrected chi connectivity index (χ2v) is 9.26. The number of carbonyl (C=O) groups is 1. The number of carbonyl (C=O) groups excluding carboxylic acids is 1. The fourth-order valence-electron chi connectivity index (χ4n) is 2.60. The molecule has 146 valence electrons. The molecule has 1 fully saturated rings. The van der Waals surface area contributed by atoms with Crippen LogP contribution >= 0.6 is 69.8 Å². The normalized spacial score (nSPS) is 15.5. The third-order valence-electron chi connectivity index (χ3n) is 3.78. The molecule has 9 heteroatoms. The highest BCUT2D eigenvalue weighted by Gasteiger charge is 2.34. The van der Waals surface area contributed by atoms with Gasteiger partial charge in [0, 0.05) is 5.02 Å². The predicted octanol–water partition coefficient (Wildman–Crippen LogP) is 6.41. The topological polar surface area (TPSA) is 38.8 Å².